The van der Waals surface area contributed by atoms with Crippen LogP contribution >= 0.6 is 23.1 Å². The number of rotatable bonds is 7. The third-order valence-corrected chi connectivity index (χ3v) is 7.19. The van der Waals surface area contributed by atoms with E-state index in [4.69, 9.17) is 0 Å². The number of aryl methyl sites for hydroxylation is 2. The van der Waals surface area contributed by atoms with Gasteiger partial charge in [-0.3, -0.25) is 4.79 Å². The van der Waals surface area contributed by atoms with Crippen molar-refractivity contribution in [3.8, 4) is 10.7 Å². The van der Waals surface area contributed by atoms with E-state index in [0.717, 1.165) is 28.8 Å². The molecule has 1 amide bonds. The molecule has 4 rings (SSSR count). The van der Waals surface area contributed by atoms with Crippen molar-refractivity contribution in [1.82, 2.24) is 20.1 Å². The number of carbonyl (C=O) groups excluding carboxylic acids is 1. The SMILES string of the molecule is CCn1c(SCC(=O)NC(C)c2ccc3c(c2)CCCC3)nnc1-c1cccs1. The predicted octanol–water partition coefficient (Wildman–Crippen LogP) is 4.87. The molecule has 1 aliphatic rings. The number of hydrogen-bond donors (Lipinski definition) is 1. The van der Waals surface area contributed by atoms with Gasteiger partial charge in [-0.1, -0.05) is 36.0 Å². The highest BCUT2D eigenvalue weighted by Crippen LogP contribution is 2.28. The molecule has 0 saturated heterocycles. The Hall–Kier alpha value is -2.12. The van der Waals surface area contributed by atoms with E-state index in [1.165, 1.54) is 47.7 Å². The lowest BCUT2D eigenvalue weighted by Gasteiger charge is -2.20. The molecule has 5 nitrogen and oxygen atoms in total. The van der Waals surface area contributed by atoms with Gasteiger partial charge in [0.05, 0.1) is 16.7 Å². The first-order chi connectivity index (χ1) is 14.2. The van der Waals surface area contributed by atoms with Gasteiger partial charge in [0.15, 0.2) is 11.0 Å². The monoisotopic (exact) mass is 426 g/mol. The molecule has 0 radical (unpaired) electrons. The summed E-state index contributed by atoms with van der Waals surface area (Å²) < 4.78 is 2.07. The lowest BCUT2D eigenvalue weighted by atomic mass is 9.89. The van der Waals surface area contributed by atoms with Crippen LogP contribution in [0.1, 0.15) is 49.4 Å². The summed E-state index contributed by atoms with van der Waals surface area (Å²) in [5.74, 6) is 1.22. The van der Waals surface area contributed by atoms with Gasteiger partial charge in [0, 0.05) is 6.54 Å². The van der Waals surface area contributed by atoms with Crippen LogP contribution in [0.4, 0.5) is 0 Å². The first-order valence-corrected chi connectivity index (χ1v) is 12.0. The topological polar surface area (TPSA) is 59.8 Å². The Morgan fingerprint density at radius 2 is 2.07 bits per heavy atom. The molecule has 1 aromatic carbocycles. The number of benzene rings is 1. The highest BCUT2D eigenvalue weighted by Gasteiger charge is 2.17. The Kier molecular flexibility index (Phi) is 6.35. The number of fused-ring (bicyclic) bond motifs is 1. The van der Waals surface area contributed by atoms with E-state index >= 15 is 0 Å². The third kappa shape index (κ3) is 4.56. The van der Waals surface area contributed by atoms with Crippen LogP contribution in [0.2, 0.25) is 0 Å². The maximum atomic E-state index is 12.5. The van der Waals surface area contributed by atoms with Crippen LogP contribution in [0.25, 0.3) is 10.7 Å². The van der Waals surface area contributed by atoms with Crippen molar-refractivity contribution in [2.24, 2.45) is 0 Å². The van der Waals surface area contributed by atoms with Crippen molar-refractivity contribution < 1.29 is 4.79 Å². The third-order valence-electron chi connectivity index (χ3n) is 5.36. The summed E-state index contributed by atoms with van der Waals surface area (Å²) in [6.45, 7) is 4.90. The molecule has 1 atom stereocenters. The molecule has 2 heterocycles. The van der Waals surface area contributed by atoms with Gasteiger partial charge in [0.1, 0.15) is 0 Å². The molecule has 0 saturated carbocycles. The van der Waals surface area contributed by atoms with Crippen LogP contribution in [-0.2, 0) is 24.2 Å². The molecule has 3 aromatic rings. The van der Waals surface area contributed by atoms with E-state index in [9.17, 15) is 4.79 Å². The fourth-order valence-electron chi connectivity index (χ4n) is 3.79. The van der Waals surface area contributed by atoms with Crippen molar-refractivity contribution in [2.45, 2.75) is 57.3 Å². The Morgan fingerprint density at radius 3 is 2.83 bits per heavy atom. The van der Waals surface area contributed by atoms with Crippen molar-refractivity contribution in [3.05, 3.63) is 52.4 Å². The molecule has 0 spiro atoms. The van der Waals surface area contributed by atoms with Crippen LogP contribution in [0.15, 0.2) is 40.9 Å². The molecule has 1 N–H and O–H groups in total. The summed E-state index contributed by atoms with van der Waals surface area (Å²) in [7, 11) is 0. The standard InChI is InChI=1S/C22H26N4OS2/c1-3-26-21(19-9-6-12-28-19)24-25-22(26)29-14-20(27)23-15(2)17-11-10-16-7-4-5-8-18(16)13-17/h6,9-13,15H,3-5,7-8,14H2,1-2H3,(H,23,27). The number of aromatic nitrogens is 3. The maximum Gasteiger partial charge on any atom is 0.230 e. The summed E-state index contributed by atoms with van der Waals surface area (Å²) in [6.07, 6.45) is 4.88. The fourth-order valence-corrected chi connectivity index (χ4v) is 5.32. The predicted molar refractivity (Wildman–Crippen MR) is 119 cm³/mol. The smallest absolute Gasteiger partial charge is 0.230 e. The molecule has 0 aliphatic heterocycles. The van der Waals surface area contributed by atoms with Crippen molar-refractivity contribution in [1.29, 1.82) is 0 Å². The van der Waals surface area contributed by atoms with E-state index < -0.39 is 0 Å². The van der Waals surface area contributed by atoms with Gasteiger partial charge in [-0.15, -0.1) is 21.5 Å². The quantitative estimate of drug-likeness (QED) is 0.547. The molecular formula is C22H26N4OS2. The van der Waals surface area contributed by atoms with E-state index in [1.54, 1.807) is 11.3 Å². The van der Waals surface area contributed by atoms with Gasteiger partial charge in [-0.2, -0.15) is 0 Å². The molecule has 7 heteroatoms. The maximum absolute atomic E-state index is 12.5. The molecule has 29 heavy (non-hydrogen) atoms. The average molecular weight is 427 g/mol. The zero-order valence-electron chi connectivity index (χ0n) is 16.9. The molecule has 1 aliphatic carbocycles. The lowest BCUT2D eigenvalue weighted by molar-refractivity contribution is -0.119. The number of amides is 1. The zero-order valence-corrected chi connectivity index (χ0v) is 18.5. The van der Waals surface area contributed by atoms with Gasteiger partial charge in [-0.25, -0.2) is 0 Å². The van der Waals surface area contributed by atoms with Gasteiger partial charge in [0.25, 0.3) is 0 Å². The molecule has 1 unspecified atom stereocenters. The first-order valence-electron chi connectivity index (χ1n) is 10.2. The van der Waals surface area contributed by atoms with E-state index in [-0.39, 0.29) is 11.9 Å². The number of carbonyl (C=O) groups is 1. The van der Waals surface area contributed by atoms with E-state index in [0.29, 0.717) is 5.75 Å². The molecule has 152 valence electrons. The summed E-state index contributed by atoms with van der Waals surface area (Å²) in [5.41, 5.74) is 4.09. The molecule has 0 bridgehead atoms. The molecule has 0 fully saturated rings. The minimum absolute atomic E-state index is 0.000973. The molecule has 2 aromatic heterocycles. The van der Waals surface area contributed by atoms with E-state index in [2.05, 4.69) is 52.1 Å². The Bertz CT molecular complexity index is 981. The van der Waals surface area contributed by atoms with Gasteiger partial charge in [0.2, 0.25) is 5.91 Å². The fraction of sp³-hybridized carbons (Fsp3) is 0.409. The van der Waals surface area contributed by atoms with Gasteiger partial charge < -0.3 is 9.88 Å². The number of nitrogens with one attached hydrogen (secondary N) is 1. The van der Waals surface area contributed by atoms with Crippen molar-refractivity contribution in [3.63, 3.8) is 0 Å². The minimum Gasteiger partial charge on any atom is -0.349 e. The van der Waals surface area contributed by atoms with Crippen LogP contribution in [0.5, 0.6) is 0 Å². The summed E-state index contributed by atoms with van der Waals surface area (Å²) in [4.78, 5) is 13.6. The van der Waals surface area contributed by atoms with Crippen LogP contribution in [-0.4, -0.2) is 26.4 Å². The summed E-state index contributed by atoms with van der Waals surface area (Å²) in [5, 5.41) is 14.6. The zero-order chi connectivity index (χ0) is 20.2. The van der Waals surface area contributed by atoms with Gasteiger partial charge >= 0.3 is 0 Å². The van der Waals surface area contributed by atoms with Crippen LogP contribution in [0, 0.1) is 0 Å². The van der Waals surface area contributed by atoms with Crippen LogP contribution < -0.4 is 5.32 Å². The van der Waals surface area contributed by atoms with Crippen molar-refractivity contribution >= 4 is 29.0 Å². The highest BCUT2D eigenvalue weighted by atomic mass is 32.2. The van der Waals surface area contributed by atoms with E-state index in [1.807, 2.05) is 17.5 Å². The Balaban J connectivity index is 1.37. The normalized spacial score (nSPS) is 14.4. The number of nitrogens with zero attached hydrogens (tertiary/aromatic N) is 3. The van der Waals surface area contributed by atoms with Crippen molar-refractivity contribution in [2.75, 3.05) is 5.75 Å². The average Bonchev–Trinajstić information content (AvgIpc) is 3.41. The Morgan fingerprint density at radius 1 is 1.24 bits per heavy atom. The number of hydrogen-bond acceptors (Lipinski definition) is 5. The van der Waals surface area contributed by atoms with Gasteiger partial charge in [-0.05, 0) is 67.7 Å². The first kappa shape index (κ1) is 20.2. The lowest BCUT2D eigenvalue weighted by Crippen LogP contribution is -2.28. The second-order valence-electron chi connectivity index (χ2n) is 7.34. The molecular weight excluding hydrogens is 400 g/mol. The largest absolute Gasteiger partial charge is 0.349 e. The number of thiophene rings is 1. The second-order valence-corrected chi connectivity index (χ2v) is 9.23. The summed E-state index contributed by atoms with van der Waals surface area (Å²) >= 11 is 3.09. The Labute approximate surface area is 179 Å². The van der Waals surface area contributed by atoms with Crippen LogP contribution in [0.3, 0.4) is 0 Å². The minimum atomic E-state index is 0.000973. The highest BCUT2D eigenvalue weighted by molar-refractivity contribution is 7.99. The number of thioether (sulfide) groups is 1. The second kappa shape index (κ2) is 9.13. The summed E-state index contributed by atoms with van der Waals surface area (Å²) in [6, 6.07) is 10.7.